The summed E-state index contributed by atoms with van der Waals surface area (Å²) in [6.07, 6.45) is 2.54. The Labute approximate surface area is 96.9 Å². The van der Waals surface area contributed by atoms with Crippen LogP contribution in [-0.2, 0) is 6.42 Å². The van der Waals surface area contributed by atoms with Gasteiger partial charge in [-0.2, -0.15) is 0 Å². The largest absolute Gasteiger partial charge is 0.493 e. The Balaban J connectivity index is 2.83. The molecule has 0 aliphatic rings. The molecule has 0 aliphatic carbocycles. The van der Waals surface area contributed by atoms with Gasteiger partial charge >= 0.3 is 0 Å². The third-order valence-electron chi connectivity index (χ3n) is 2.14. The first-order valence-corrected chi connectivity index (χ1v) is 5.33. The highest BCUT2D eigenvalue weighted by Gasteiger charge is 2.06. The van der Waals surface area contributed by atoms with E-state index in [1.54, 1.807) is 13.2 Å². The second-order valence-corrected chi connectivity index (χ2v) is 3.77. The van der Waals surface area contributed by atoms with Gasteiger partial charge in [-0.1, -0.05) is 18.7 Å². The van der Waals surface area contributed by atoms with Crippen LogP contribution in [0.4, 0.5) is 0 Å². The van der Waals surface area contributed by atoms with Gasteiger partial charge < -0.3 is 15.2 Å². The zero-order valence-electron chi connectivity index (χ0n) is 9.90. The van der Waals surface area contributed by atoms with Crippen molar-refractivity contribution in [2.75, 3.05) is 13.7 Å². The Hall–Kier alpha value is -1.48. The third-order valence-corrected chi connectivity index (χ3v) is 2.14. The van der Waals surface area contributed by atoms with Gasteiger partial charge in [-0.15, -0.1) is 0 Å². The van der Waals surface area contributed by atoms with Crippen LogP contribution in [0.1, 0.15) is 12.5 Å². The molecule has 0 saturated heterocycles. The maximum absolute atomic E-state index is 5.75. The molecular formula is C13H19NO2. The highest BCUT2D eigenvalue weighted by Crippen LogP contribution is 2.28. The van der Waals surface area contributed by atoms with E-state index in [0.29, 0.717) is 6.61 Å². The molecule has 3 heteroatoms. The number of nitrogens with two attached hydrogens (primary N) is 1. The topological polar surface area (TPSA) is 44.5 Å². The summed E-state index contributed by atoms with van der Waals surface area (Å²) >= 11 is 0. The molecule has 0 fully saturated rings. The molecule has 0 aliphatic heterocycles. The van der Waals surface area contributed by atoms with Gasteiger partial charge in [0.25, 0.3) is 0 Å². The molecule has 0 heterocycles. The van der Waals surface area contributed by atoms with Gasteiger partial charge in [0.2, 0.25) is 0 Å². The number of methoxy groups -OCH3 is 1. The van der Waals surface area contributed by atoms with Crippen molar-refractivity contribution in [2.24, 2.45) is 5.73 Å². The summed E-state index contributed by atoms with van der Waals surface area (Å²) < 4.78 is 10.7. The lowest BCUT2D eigenvalue weighted by Gasteiger charge is -2.12. The fraction of sp³-hybridized carbons (Fsp3) is 0.385. The molecular weight excluding hydrogens is 202 g/mol. The second-order valence-electron chi connectivity index (χ2n) is 3.77. The van der Waals surface area contributed by atoms with Crippen molar-refractivity contribution >= 4 is 0 Å². The summed E-state index contributed by atoms with van der Waals surface area (Å²) in [4.78, 5) is 0. The number of benzene rings is 1. The van der Waals surface area contributed by atoms with Gasteiger partial charge in [0.1, 0.15) is 6.61 Å². The minimum atomic E-state index is 0.143. The smallest absolute Gasteiger partial charge is 0.161 e. The van der Waals surface area contributed by atoms with Gasteiger partial charge in [0.05, 0.1) is 7.11 Å². The lowest BCUT2D eigenvalue weighted by Crippen LogP contribution is -2.17. The number of ether oxygens (including phenoxy) is 2. The average molecular weight is 221 g/mol. The zero-order valence-corrected chi connectivity index (χ0v) is 9.90. The molecule has 88 valence electrons. The van der Waals surface area contributed by atoms with Crippen molar-refractivity contribution in [3.63, 3.8) is 0 Å². The van der Waals surface area contributed by atoms with E-state index in [0.717, 1.165) is 23.5 Å². The molecule has 3 nitrogen and oxygen atoms in total. The summed E-state index contributed by atoms with van der Waals surface area (Å²) in [7, 11) is 1.63. The van der Waals surface area contributed by atoms with Crippen LogP contribution in [0.15, 0.2) is 30.9 Å². The lowest BCUT2D eigenvalue weighted by atomic mass is 10.1. The number of rotatable bonds is 6. The van der Waals surface area contributed by atoms with E-state index >= 15 is 0 Å². The van der Waals surface area contributed by atoms with E-state index in [1.807, 2.05) is 25.1 Å². The molecule has 0 amide bonds. The number of hydrogen-bond acceptors (Lipinski definition) is 3. The molecule has 0 aromatic heterocycles. The summed E-state index contributed by atoms with van der Waals surface area (Å²) in [5.74, 6) is 1.47. The second kappa shape index (κ2) is 6.18. The first kappa shape index (κ1) is 12.6. The quantitative estimate of drug-likeness (QED) is 0.749. The first-order valence-electron chi connectivity index (χ1n) is 5.33. The molecule has 1 aromatic carbocycles. The first-order chi connectivity index (χ1) is 7.67. The van der Waals surface area contributed by atoms with Crippen LogP contribution in [0.3, 0.4) is 0 Å². The van der Waals surface area contributed by atoms with Gasteiger partial charge in [0, 0.05) is 6.04 Å². The standard InChI is InChI=1S/C13H19NO2/c1-4-7-16-12-6-5-11(8-10(2)14)9-13(12)15-3/h4-6,9-10H,1,7-8,14H2,2-3H3/t10-/m1/s1. The van der Waals surface area contributed by atoms with Crippen molar-refractivity contribution in [2.45, 2.75) is 19.4 Å². The van der Waals surface area contributed by atoms with Crippen molar-refractivity contribution in [1.82, 2.24) is 0 Å². The van der Waals surface area contributed by atoms with E-state index in [9.17, 15) is 0 Å². The summed E-state index contributed by atoms with van der Waals surface area (Å²) in [5, 5.41) is 0. The van der Waals surface area contributed by atoms with Gasteiger partial charge in [-0.05, 0) is 31.0 Å². The molecule has 0 bridgehead atoms. The third kappa shape index (κ3) is 3.59. The van der Waals surface area contributed by atoms with E-state index in [4.69, 9.17) is 15.2 Å². The van der Waals surface area contributed by atoms with E-state index < -0.39 is 0 Å². The predicted octanol–water partition coefficient (Wildman–Crippen LogP) is 2.15. The predicted molar refractivity (Wildman–Crippen MR) is 66.0 cm³/mol. The van der Waals surface area contributed by atoms with Crippen LogP contribution in [0.5, 0.6) is 11.5 Å². The summed E-state index contributed by atoms with van der Waals surface area (Å²) in [6, 6.07) is 6.01. The zero-order chi connectivity index (χ0) is 12.0. The highest BCUT2D eigenvalue weighted by molar-refractivity contribution is 5.43. The minimum Gasteiger partial charge on any atom is -0.493 e. The molecule has 0 unspecified atom stereocenters. The van der Waals surface area contributed by atoms with Crippen LogP contribution in [0, 0.1) is 0 Å². The van der Waals surface area contributed by atoms with Crippen molar-refractivity contribution < 1.29 is 9.47 Å². The van der Waals surface area contributed by atoms with Crippen LogP contribution >= 0.6 is 0 Å². The highest BCUT2D eigenvalue weighted by atomic mass is 16.5. The fourth-order valence-electron chi connectivity index (χ4n) is 1.48. The molecule has 1 aromatic rings. The molecule has 0 spiro atoms. The van der Waals surface area contributed by atoms with Gasteiger partial charge in [0.15, 0.2) is 11.5 Å². The van der Waals surface area contributed by atoms with Crippen LogP contribution in [0.2, 0.25) is 0 Å². The van der Waals surface area contributed by atoms with Gasteiger partial charge in [-0.25, -0.2) is 0 Å². The lowest BCUT2D eigenvalue weighted by molar-refractivity contribution is 0.326. The Morgan fingerprint density at radius 1 is 1.44 bits per heavy atom. The maximum atomic E-state index is 5.75. The Bertz CT molecular complexity index is 348. The Kier molecular flexibility index (Phi) is 4.86. The molecule has 1 atom stereocenters. The van der Waals surface area contributed by atoms with E-state index in [1.165, 1.54) is 0 Å². The van der Waals surface area contributed by atoms with Crippen molar-refractivity contribution in [3.8, 4) is 11.5 Å². The van der Waals surface area contributed by atoms with Crippen molar-refractivity contribution in [3.05, 3.63) is 36.4 Å². The monoisotopic (exact) mass is 221 g/mol. The summed E-state index contributed by atoms with van der Waals surface area (Å²) in [6.45, 7) is 6.06. The molecule has 0 saturated carbocycles. The van der Waals surface area contributed by atoms with Crippen LogP contribution in [-0.4, -0.2) is 19.8 Å². The normalized spacial score (nSPS) is 11.9. The molecule has 2 N–H and O–H groups in total. The Morgan fingerprint density at radius 2 is 2.19 bits per heavy atom. The van der Waals surface area contributed by atoms with Crippen LogP contribution in [0.25, 0.3) is 0 Å². The van der Waals surface area contributed by atoms with Crippen LogP contribution < -0.4 is 15.2 Å². The molecule has 16 heavy (non-hydrogen) atoms. The number of hydrogen-bond donors (Lipinski definition) is 1. The van der Waals surface area contributed by atoms with E-state index in [-0.39, 0.29) is 6.04 Å². The molecule has 0 radical (unpaired) electrons. The average Bonchev–Trinajstić information content (AvgIpc) is 2.26. The minimum absolute atomic E-state index is 0.143. The van der Waals surface area contributed by atoms with Crippen molar-refractivity contribution in [1.29, 1.82) is 0 Å². The Morgan fingerprint density at radius 3 is 2.75 bits per heavy atom. The summed E-state index contributed by atoms with van der Waals surface area (Å²) in [5.41, 5.74) is 6.90. The SMILES string of the molecule is C=CCOc1ccc(C[C@@H](C)N)cc1OC. The van der Waals surface area contributed by atoms with Gasteiger partial charge in [-0.3, -0.25) is 0 Å². The molecule has 1 rings (SSSR count). The maximum Gasteiger partial charge on any atom is 0.161 e. The van der Waals surface area contributed by atoms with E-state index in [2.05, 4.69) is 6.58 Å². The fourth-order valence-corrected chi connectivity index (χ4v) is 1.48.